The molecule has 1 amide bonds. The van der Waals surface area contributed by atoms with Crippen LogP contribution in [-0.2, 0) is 34.2 Å². The Bertz CT molecular complexity index is 1390. The van der Waals surface area contributed by atoms with Gasteiger partial charge in [-0.3, -0.25) is 18.9 Å². The van der Waals surface area contributed by atoms with Crippen LogP contribution in [0.25, 0.3) is 0 Å². The largest absolute Gasteiger partial charge is 0.312 e. The predicted octanol–water partition coefficient (Wildman–Crippen LogP) is 1.78. The van der Waals surface area contributed by atoms with Crippen LogP contribution in [0.5, 0.6) is 0 Å². The number of amides is 1. The summed E-state index contributed by atoms with van der Waals surface area (Å²) in [7, 11) is 0.521. The molecule has 1 saturated carbocycles. The average Bonchev–Trinajstić information content (AvgIpc) is 3.35. The molecule has 12 heteroatoms. The molecule has 8 atom stereocenters. The summed E-state index contributed by atoms with van der Waals surface area (Å²) in [5.74, 6) is 8.20. The van der Waals surface area contributed by atoms with Gasteiger partial charge in [0.25, 0.3) is 5.56 Å². The van der Waals surface area contributed by atoms with Crippen molar-refractivity contribution in [3.63, 3.8) is 0 Å². The maximum absolute atomic E-state index is 13.5. The fourth-order valence-corrected chi connectivity index (χ4v) is 10.0. The van der Waals surface area contributed by atoms with Gasteiger partial charge in [0.2, 0.25) is 15.9 Å². The molecule has 0 aromatic carbocycles. The summed E-state index contributed by atoms with van der Waals surface area (Å²) in [6, 6.07) is 0.281. The van der Waals surface area contributed by atoms with Gasteiger partial charge in [-0.25, -0.2) is 13.4 Å². The number of alkyl halides is 1. The van der Waals surface area contributed by atoms with Gasteiger partial charge < -0.3 is 10.2 Å². The van der Waals surface area contributed by atoms with Crippen LogP contribution in [0, 0.1) is 42.4 Å². The summed E-state index contributed by atoms with van der Waals surface area (Å²) in [6.45, 7) is 3.00. The number of sulfonamides is 1. The van der Waals surface area contributed by atoms with Crippen LogP contribution < -0.4 is 15.6 Å². The predicted molar refractivity (Wildman–Crippen MR) is 164 cm³/mol. The van der Waals surface area contributed by atoms with Crippen LogP contribution in [0.2, 0.25) is 0 Å². The van der Waals surface area contributed by atoms with Gasteiger partial charge in [0, 0.05) is 39.9 Å². The number of likely N-dealkylation sites (N-methyl/N-ethyl adjacent to an activating group) is 1. The van der Waals surface area contributed by atoms with E-state index >= 15 is 0 Å². The number of aryl methyl sites for hydroxylation is 2. The number of fused-ring (bicyclic) bond motifs is 2. The molecule has 226 valence electrons. The SMILES string of the molecule is Cc1nc2c(c(=O)n1CC#CC1CCC(Cl)CC1C1CCNC3C(C(=O)NS(C)(=O)=O)CSC13)C[C@@H](N(C)C)CC2. The zero-order valence-electron chi connectivity index (χ0n) is 24.4. The summed E-state index contributed by atoms with van der Waals surface area (Å²) in [5, 5.41) is 3.81. The number of aromatic nitrogens is 2. The van der Waals surface area contributed by atoms with E-state index in [1.165, 1.54) is 0 Å². The monoisotopic (exact) mass is 623 g/mol. The van der Waals surface area contributed by atoms with Crippen molar-refractivity contribution in [3.8, 4) is 11.8 Å². The highest BCUT2D eigenvalue weighted by Crippen LogP contribution is 2.48. The van der Waals surface area contributed by atoms with E-state index in [0.717, 1.165) is 69.0 Å². The number of hydrogen-bond donors (Lipinski definition) is 2. The first kappa shape index (κ1) is 30.9. The van der Waals surface area contributed by atoms with E-state index in [1.807, 2.05) is 6.92 Å². The van der Waals surface area contributed by atoms with E-state index in [1.54, 1.807) is 16.3 Å². The van der Waals surface area contributed by atoms with Gasteiger partial charge in [-0.05, 0) is 84.3 Å². The lowest BCUT2D eigenvalue weighted by molar-refractivity contribution is -0.123. The number of piperidine rings is 1. The number of rotatable bonds is 5. The Morgan fingerprint density at radius 2 is 2.02 bits per heavy atom. The van der Waals surface area contributed by atoms with Crippen LogP contribution in [0.1, 0.15) is 49.2 Å². The molecule has 1 aromatic heterocycles. The Labute approximate surface area is 253 Å². The van der Waals surface area contributed by atoms with Gasteiger partial charge in [-0.15, -0.1) is 11.6 Å². The standard InChI is InChI=1S/C29H42ClN5O4S2/c1-17-32-25-10-9-20(34(2)3)15-23(25)29(37)35(17)13-5-6-18-7-8-19(30)14-22(18)21-11-12-31-26-24(16-40-27(21)26)28(36)33-41(4,38)39/h18-22,24,26-27,31H,7-16H2,1-4H3,(H,33,36)/t18?,19?,20-,21?,22?,24?,26?,27?/m0/s1. The number of nitrogens with one attached hydrogen (secondary N) is 2. The van der Waals surface area contributed by atoms with Gasteiger partial charge in [0.15, 0.2) is 0 Å². The van der Waals surface area contributed by atoms with Gasteiger partial charge in [0.1, 0.15) is 5.82 Å². The zero-order valence-corrected chi connectivity index (χ0v) is 26.7. The highest BCUT2D eigenvalue weighted by atomic mass is 35.5. The highest BCUT2D eigenvalue weighted by molar-refractivity contribution is 8.00. The molecule has 4 aliphatic rings. The number of thioether (sulfide) groups is 1. The third kappa shape index (κ3) is 6.82. The first-order valence-electron chi connectivity index (χ1n) is 14.7. The smallest absolute Gasteiger partial charge is 0.257 e. The van der Waals surface area contributed by atoms with Crippen molar-refractivity contribution in [1.29, 1.82) is 0 Å². The molecule has 7 unspecified atom stereocenters. The van der Waals surface area contributed by atoms with E-state index in [4.69, 9.17) is 16.6 Å². The van der Waals surface area contributed by atoms with Crippen molar-refractivity contribution in [2.75, 3.05) is 32.6 Å². The summed E-state index contributed by atoms with van der Waals surface area (Å²) in [6.07, 6.45) is 7.26. The van der Waals surface area contributed by atoms with Gasteiger partial charge in [0.05, 0.1) is 24.4 Å². The molecule has 0 spiro atoms. The van der Waals surface area contributed by atoms with Crippen LogP contribution >= 0.6 is 23.4 Å². The summed E-state index contributed by atoms with van der Waals surface area (Å²) in [4.78, 5) is 33.2. The maximum atomic E-state index is 13.5. The van der Waals surface area contributed by atoms with Crippen molar-refractivity contribution in [3.05, 3.63) is 27.4 Å². The fraction of sp³-hybridized carbons (Fsp3) is 0.759. The molecule has 1 aromatic rings. The van der Waals surface area contributed by atoms with Crippen molar-refractivity contribution < 1.29 is 13.2 Å². The van der Waals surface area contributed by atoms with E-state index in [2.05, 4.69) is 40.9 Å². The highest BCUT2D eigenvalue weighted by Gasteiger charge is 2.50. The summed E-state index contributed by atoms with van der Waals surface area (Å²) >= 11 is 8.47. The number of carbonyl (C=O) groups excluding carboxylic acids is 1. The molecular weight excluding hydrogens is 582 g/mol. The van der Waals surface area contributed by atoms with Crippen molar-refractivity contribution in [1.82, 2.24) is 24.5 Å². The van der Waals surface area contributed by atoms with E-state index in [0.29, 0.717) is 30.1 Å². The number of hydrogen-bond acceptors (Lipinski definition) is 8. The second-order valence-corrected chi connectivity index (χ2v) is 16.0. The molecule has 3 fully saturated rings. The molecule has 5 rings (SSSR count). The zero-order chi connectivity index (χ0) is 29.5. The first-order valence-corrected chi connectivity index (χ1v) is 18.0. The van der Waals surface area contributed by atoms with E-state index in [-0.39, 0.29) is 40.0 Å². The Hall–Kier alpha value is -1.58. The van der Waals surface area contributed by atoms with Crippen LogP contribution in [0.3, 0.4) is 0 Å². The maximum Gasteiger partial charge on any atom is 0.257 e. The minimum atomic E-state index is -3.60. The van der Waals surface area contributed by atoms with Crippen LogP contribution in [0.4, 0.5) is 0 Å². The Balaban J connectivity index is 1.33. The third-order valence-electron chi connectivity index (χ3n) is 9.49. The molecular formula is C29H42ClN5O4S2. The number of nitrogens with zero attached hydrogens (tertiary/aromatic N) is 3. The van der Waals surface area contributed by atoms with E-state index in [9.17, 15) is 18.0 Å². The quantitative estimate of drug-likeness (QED) is 0.377. The summed E-state index contributed by atoms with van der Waals surface area (Å²) in [5.41, 5.74) is 1.81. The van der Waals surface area contributed by atoms with Crippen LogP contribution in [-0.4, -0.2) is 84.1 Å². The molecule has 2 saturated heterocycles. The molecule has 2 aliphatic heterocycles. The second kappa shape index (κ2) is 12.6. The fourth-order valence-electron chi connectivity index (χ4n) is 7.33. The second-order valence-electron chi connectivity index (χ2n) is 12.4. The van der Waals surface area contributed by atoms with Gasteiger partial charge in [-0.2, -0.15) is 11.8 Å². The molecule has 41 heavy (non-hydrogen) atoms. The molecule has 0 radical (unpaired) electrons. The minimum absolute atomic E-state index is 0.0383. The lowest BCUT2D eigenvalue weighted by atomic mass is 9.67. The lowest BCUT2D eigenvalue weighted by Crippen LogP contribution is -2.55. The van der Waals surface area contributed by atoms with Gasteiger partial charge >= 0.3 is 0 Å². The Morgan fingerprint density at radius 3 is 2.76 bits per heavy atom. The lowest BCUT2D eigenvalue weighted by Gasteiger charge is -2.44. The third-order valence-corrected chi connectivity index (χ3v) is 12.0. The molecule has 2 N–H and O–H groups in total. The van der Waals surface area contributed by atoms with E-state index < -0.39 is 15.9 Å². The van der Waals surface area contributed by atoms with Crippen LogP contribution in [0.15, 0.2) is 4.79 Å². The summed E-state index contributed by atoms with van der Waals surface area (Å²) < 4.78 is 27.3. The van der Waals surface area contributed by atoms with Crippen molar-refractivity contribution in [2.24, 2.45) is 23.7 Å². The number of carbonyl (C=O) groups is 1. The topological polar surface area (TPSA) is 113 Å². The molecule has 3 heterocycles. The minimum Gasteiger partial charge on any atom is -0.312 e. The van der Waals surface area contributed by atoms with Crippen molar-refractivity contribution >= 4 is 39.3 Å². The van der Waals surface area contributed by atoms with Crippen molar-refractivity contribution in [2.45, 2.75) is 81.1 Å². The van der Waals surface area contributed by atoms with Gasteiger partial charge in [-0.1, -0.05) is 11.8 Å². The molecule has 0 bridgehead atoms. The Morgan fingerprint density at radius 1 is 1.24 bits per heavy atom. The average molecular weight is 624 g/mol. The number of halogens is 1. The molecule has 2 aliphatic carbocycles. The Kier molecular flexibility index (Phi) is 9.46. The molecule has 9 nitrogen and oxygen atoms in total. The normalized spacial score (nSPS) is 33.4. The first-order chi connectivity index (χ1) is 19.4.